The van der Waals surface area contributed by atoms with Crippen molar-refractivity contribution in [2.45, 2.75) is 6.04 Å². The van der Waals surface area contributed by atoms with E-state index in [0.717, 1.165) is 0 Å². The van der Waals surface area contributed by atoms with Gasteiger partial charge in [-0.2, -0.15) is 0 Å². The highest BCUT2D eigenvalue weighted by Gasteiger charge is 2.21. The lowest BCUT2D eigenvalue weighted by atomic mass is 10.1. The minimum Gasteiger partial charge on any atom is -0.368 e. The summed E-state index contributed by atoms with van der Waals surface area (Å²) in [7, 11) is 0. The Morgan fingerprint density at radius 1 is 0.957 bits per heavy atom. The number of carbonyl (C=O) groups is 2. The molecule has 6 heteroatoms. The van der Waals surface area contributed by atoms with E-state index in [1.54, 1.807) is 36.4 Å². The van der Waals surface area contributed by atoms with Gasteiger partial charge in [0.25, 0.3) is 5.91 Å². The normalized spacial score (nSPS) is 11.8. The number of nitrogens with one attached hydrogen (secondary N) is 1. The standard InChI is InChI=1S/C17H14N4O2/c18-16(22)15(11-6-2-1-3-7-11)21-17(23)14-10-19-12-8-4-5-9-13(12)20-14/h1-10,15H,(H2,18,22)(H,21,23). The molecule has 0 aliphatic rings. The number of hydrogen-bond donors (Lipinski definition) is 2. The lowest BCUT2D eigenvalue weighted by Gasteiger charge is -2.15. The molecule has 0 saturated carbocycles. The summed E-state index contributed by atoms with van der Waals surface area (Å²) in [6.07, 6.45) is 1.38. The molecule has 114 valence electrons. The maximum Gasteiger partial charge on any atom is 0.272 e. The third-order valence-corrected chi connectivity index (χ3v) is 3.37. The highest BCUT2D eigenvalue weighted by Crippen LogP contribution is 2.13. The number of rotatable bonds is 4. The number of nitrogens with zero attached hydrogens (tertiary/aromatic N) is 2. The fourth-order valence-corrected chi connectivity index (χ4v) is 2.24. The number of aromatic nitrogens is 2. The molecule has 3 aromatic rings. The molecule has 1 aromatic heterocycles. The molecule has 0 radical (unpaired) electrons. The summed E-state index contributed by atoms with van der Waals surface area (Å²) in [6, 6.07) is 15.1. The molecule has 6 nitrogen and oxygen atoms in total. The van der Waals surface area contributed by atoms with Crippen molar-refractivity contribution in [3.8, 4) is 0 Å². The first-order valence-corrected chi connectivity index (χ1v) is 7.02. The Bertz CT molecular complexity index is 865. The van der Waals surface area contributed by atoms with Gasteiger partial charge in [-0.25, -0.2) is 4.98 Å². The van der Waals surface area contributed by atoms with E-state index in [9.17, 15) is 9.59 Å². The van der Waals surface area contributed by atoms with E-state index in [0.29, 0.717) is 16.6 Å². The monoisotopic (exact) mass is 306 g/mol. The van der Waals surface area contributed by atoms with E-state index in [-0.39, 0.29) is 5.69 Å². The van der Waals surface area contributed by atoms with E-state index >= 15 is 0 Å². The first kappa shape index (κ1) is 14.6. The topological polar surface area (TPSA) is 98.0 Å². The number of fused-ring (bicyclic) bond motifs is 1. The third-order valence-electron chi connectivity index (χ3n) is 3.37. The van der Waals surface area contributed by atoms with Gasteiger partial charge < -0.3 is 11.1 Å². The van der Waals surface area contributed by atoms with Crippen LogP contribution in [0.5, 0.6) is 0 Å². The Hall–Kier alpha value is -3.28. The van der Waals surface area contributed by atoms with Gasteiger partial charge in [-0.15, -0.1) is 0 Å². The summed E-state index contributed by atoms with van der Waals surface area (Å²) in [4.78, 5) is 32.4. The second kappa shape index (κ2) is 6.23. The van der Waals surface area contributed by atoms with Crippen molar-refractivity contribution in [2.24, 2.45) is 5.73 Å². The number of benzene rings is 2. The van der Waals surface area contributed by atoms with Crippen LogP contribution in [-0.4, -0.2) is 21.8 Å². The molecule has 23 heavy (non-hydrogen) atoms. The second-order valence-corrected chi connectivity index (χ2v) is 4.96. The first-order valence-electron chi connectivity index (χ1n) is 7.02. The number of amides is 2. The molecule has 0 fully saturated rings. The number of primary amides is 1. The molecule has 3 rings (SSSR count). The Morgan fingerprint density at radius 3 is 2.30 bits per heavy atom. The molecule has 0 bridgehead atoms. The molecule has 1 atom stereocenters. The van der Waals surface area contributed by atoms with Gasteiger partial charge in [0, 0.05) is 0 Å². The predicted octanol–water partition coefficient (Wildman–Crippen LogP) is 1.59. The number of hydrogen-bond acceptors (Lipinski definition) is 4. The zero-order valence-corrected chi connectivity index (χ0v) is 12.1. The van der Waals surface area contributed by atoms with Gasteiger partial charge in [0.15, 0.2) is 0 Å². The van der Waals surface area contributed by atoms with E-state index in [1.165, 1.54) is 6.20 Å². The van der Waals surface area contributed by atoms with Gasteiger partial charge in [0.05, 0.1) is 17.2 Å². The van der Waals surface area contributed by atoms with Crippen LogP contribution in [0, 0.1) is 0 Å². The van der Waals surface area contributed by atoms with Crippen molar-refractivity contribution in [2.75, 3.05) is 0 Å². The van der Waals surface area contributed by atoms with E-state index < -0.39 is 17.9 Å². The second-order valence-electron chi connectivity index (χ2n) is 4.96. The Balaban J connectivity index is 1.87. The summed E-state index contributed by atoms with van der Waals surface area (Å²) >= 11 is 0. The first-order chi connectivity index (χ1) is 11.1. The van der Waals surface area contributed by atoms with Gasteiger partial charge in [-0.1, -0.05) is 42.5 Å². The molecule has 0 saturated heterocycles. The molecule has 2 amide bonds. The van der Waals surface area contributed by atoms with E-state index in [1.807, 2.05) is 18.2 Å². The lowest BCUT2D eigenvalue weighted by molar-refractivity contribution is -0.120. The quantitative estimate of drug-likeness (QED) is 0.764. The summed E-state index contributed by atoms with van der Waals surface area (Å²) < 4.78 is 0. The molecule has 1 heterocycles. The molecule has 1 unspecified atom stereocenters. The maximum atomic E-state index is 12.4. The zero-order valence-electron chi connectivity index (χ0n) is 12.1. The SMILES string of the molecule is NC(=O)C(NC(=O)c1cnc2ccccc2n1)c1ccccc1. The number of nitrogens with two attached hydrogens (primary N) is 1. The van der Waals surface area contributed by atoms with E-state index in [2.05, 4.69) is 15.3 Å². The summed E-state index contributed by atoms with van der Waals surface area (Å²) in [5, 5.41) is 2.60. The average molecular weight is 306 g/mol. The van der Waals surface area contributed by atoms with Crippen molar-refractivity contribution in [3.05, 3.63) is 72.1 Å². The maximum absolute atomic E-state index is 12.4. The number of para-hydroxylation sites is 2. The van der Waals surface area contributed by atoms with Crippen molar-refractivity contribution in [1.29, 1.82) is 0 Å². The smallest absolute Gasteiger partial charge is 0.272 e. The van der Waals surface area contributed by atoms with Crippen LogP contribution in [0.2, 0.25) is 0 Å². The largest absolute Gasteiger partial charge is 0.368 e. The average Bonchev–Trinajstić information content (AvgIpc) is 2.59. The van der Waals surface area contributed by atoms with Crippen molar-refractivity contribution >= 4 is 22.8 Å². The Labute approximate surface area is 132 Å². The van der Waals surface area contributed by atoms with Crippen molar-refractivity contribution < 1.29 is 9.59 Å². The summed E-state index contributed by atoms with van der Waals surface area (Å²) in [5.41, 5.74) is 7.44. The van der Waals surface area contributed by atoms with Gasteiger partial charge >= 0.3 is 0 Å². The fraction of sp³-hybridized carbons (Fsp3) is 0.0588. The predicted molar refractivity (Wildman–Crippen MR) is 85.4 cm³/mol. The highest BCUT2D eigenvalue weighted by atomic mass is 16.2. The third kappa shape index (κ3) is 3.16. The van der Waals surface area contributed by atoms with E-state index in [4.69, 9.17) is 5.73 Å². The molecule has 0 aliphatic carbocycles. The zero-order chi connectivity index (χ0) is 16.2. The molecule has 2 aromatic carbocycles. The fourth-order valence-electron chi connectivity index (χ4n) is 2.24. The van der Waals surface area contributed by atoms with Gasteiger partial charge in [0.2, 0.25) is 5.91 Å². The number of carbonyl (C=O) groups excluding carboxylic acids is 2. The van der Waals surface area contributed by atoms with Crippen LogP contribution in [0.1, 0.15) is 22.1 Å². The van der Waals surface area contributed by atoms with Gasteiger partial charge in [-0.3, -0.25) is 14.6 Å². The van der Waals surface area contributed by atoms with Gasteiger partial charge in [0.1, 0.15) is 11.7 Å². The highest BCUT2D eigenvalue weighted by molar-refractivity contribution is 5.97. The summed E-state index contributed by atoms with van der Waals surface area (Å²) in [6.45, 7) is 0. The Morgan fingerprint density at radius 2 is 1.61 bits per heavy atom. The molecular weight excluding hydrogens is 292 g/mol. The minimum atomic E-state index is -0.919. The van der Waals surface area contributed by atoms with Gasteiger partial charge in [-0.05, 0) is 17.7 Å². The molecule has 3 N–H and O–H groups in total. The van der Waals surface area contributed by atoms with Crippen LogP contribution in [0.4, 0.5) is 0 Å². The summed E-state index contributed by atoms with van der Waals surface area (Å²) in [5.74, 6) is -1.14. The lowest BCUT2D eigenvalue weighted by Crippen LogP contribution is -2.37. The van der Waals surface area contributed by atoms with Crippen LogP contribution in [0.3, 0.4) is 0 Å². The molecule has 0 spiro atoms. The van der Waals surface area contributed by atoms with Crippen LogP contribution in [0.15, 0.2) is 60.8 Å². The molecular formula is C17H14N4O2. The van der Waals surface area contributed by atoms with Crippen molar-refractivity contribution in [1.82, 2.24) is 15.3 Å². The molecule has 0 aliphatic heterocycles. The van der Waals surface area contributed by atoms with Crippen LogP contribution >= 0.6 is 0 Å². The van der Waals surface area contributed by atoms with Crippen molar-refractivity contribution in [3.63, 3.8) is 0 Å². The Kier molecular flexibility index (Phi) is 3.97. The minimum absolute atomic E-state index is 0.130. The van der Waals surface area contributed by atoms with Crippen LogP contribution < -0.4 is 11.1 Å². The van der Waals surface area contributed by atoms with Crippen LogP contribution in [0.25, 0.3) is 11.0 Å². The van der Waals surface area contributed by atoms with Crippen LogP contribution in [-0.2, 0) is 4.79 Å².